The average molecular weight is 333 g/mol. The quantitative estimate of drug-likeness (QED) is 0.505. The fourth-order valence-electron chi connectivity index (χ4n) is 3.36. The van der Waals surface area contributed by atoms with Gasteiger partial charge in [0, 0.05) is 23.8 Å². The highest BCUT2D eigenvalue weighted by Crippen LogP contribution is 2.24. The van der Waals surface area contributed by atoms with Gasteiger partial charge in [0.25, 0.3) is 0 Å². The molecule has 2 N–H and O–H groups in total. The maximum Gasteiger partial charge on any atom is 0.121 e. The number of rotatable bonds is 12. The minimum Gasteiger partial charge on any atom is -0.494 e. The van der Waals surface area contributed by atoms with Crippen LogP contribution in [0.1, 0.15) is 71.6 Å². The summed E-state index contributed by atoms with van der Waals surface area (Å²) in [7, 11) is 0. The molecule has 1 aliphatic rings. The van der Waals surface area contributed by atoms with Crippen molar-refractivity contribution in [2.24, 2.45) is 0 Å². The van der Waals surface area contributed by atoms with E-state index in [0.29, 0.717) is 0 Å². The molecule has 24 heavy (non-hydrogen) atoms. The maximum absolute atomic E-state index is 5.93. The van der Waals surface area contributed by atoms with E-state index in [0.717, 1.165) is 44.0 Å². The number of hydrogen-bond donors (Lipinski definition) is 2. The Morgan fingerprint density at radius 1 is 1.08 bits per heavy atom. The van der Waals surface area contributed by atoms with Crippen LogP contribution in [0.2, 0.25) is 0 Å². The van der Waals surface area contributed by atoms with Gasteiger partial charge in [-0.25, -0.2) is 0 Å². The Morgan fingerprint density at radius 3 is 2.54 bits per heavy atom. The van der Waals surface area contributed by atoms with Crippen molar-refractivity contribution in [2.45, 2.75) is 77.2 Å². The lowest BCUT2D eigenvalue weighted by Crippen LogP contribution is -2.36. The first-order chi connectivity index (χ1) is 11.7. The molecule has 1 saturated heterocycles. The average Bonchev–Trinajstić information content (AvgIpc) is 3.00. The Hall–Kier alpha value is -1.22. The molecule has 0 spiro atoms. The normalized spacial score (nSPS) is 20.2. The van der Waals surface area contributed by atoms with Gasteiger partial charge in [0.15, 0.2) is 0 Å². The number of nitrogens with one attached hydrogen (secondary N) is 2. The lowest BCUT2D eigenvalue weighted by atomic mass is 10.0. The van der Waals surface area contributed by atoms with Crippen molar-refractivity contribution in [3.8, 4) is 5.75 Å². The standard InChI is InChI=1S/C21H36N2O/c1-3-4-5-6-7-8-9-10-16-24-20-13-11-12-19(17-20)23-21(2)14-15-22-18-21/h11-13,17,22-23H,3-10,14-16,18H2,1-2H3. The molecule has 3 nitrogen and oxygen atoms in total. The molecular formula is C21H36N2O. The summed E-state index contributed by atoms with van der Waals surface area (Å²) >= 11 is 0. The lowest BCUT2D eigenvalue weighted by Gasteiger charge is -2.26. The molecular weight excluding hydrogens is 296 g/mol. The van der Waals surface area contributed by atoms with Gasteiger partial charge >= 0.3 is 0 Å². The number of benzene rings is 1. The fourth-order valence-corrected chi connectivity index (χ4v) is 3.36. The molecule has 0 bridgehead atoms. The van der Waals surface area contributed by atoms with E-state index in [1.807, 2.05) is 0 Å². The van der Waals surface area contributed by atoms with Crippen LogP contribution >= 0.6 is 0 Å². The van der Waals surface area contributed by atoms with Crippen molar-refractivity contribution in [3.63, 3.8) is 0 Å². The molecule has 1 unspecified atom stereocenters. The lowest BCUT2D eigenvalue weighted by molar-refractivity contribution is 0.304. The summed E-state index contributed by atoms with van der Waals surface area (Å²) in [4.78, 5) is 0. The second-order valence-corrected chi connectivity index (χ2v) is 7.46. The van der Waals surface area contributed by atoms with Crippen molar-refractivity contribution in [1.82, 2.24) is 5.32 Å². The van der Waals surface area contributed by atoms with Gasteiger partial charge in [0.05, 0.1) is 6.61 Å². The first-order valence-electron chi connectivity index (χ1n) is 9.94. The zero-order chi connectivity index (χ0) is 17.1. The van der Waals surface area contributed by atoms with Crippen molar-refractivity contribution >= 4 is 5.69 Å². The third-order valence-corrected chi connectivity index (χ3v) is 4.92. The fraction of sp³-hybridized carbons (Fsp3) is 0.714. The summed E-state index contributed by atoms with van der Waals surface area (Å²) in [5.41, 5.74) is 1.32. The van der Waals surface area contributed by atoms with Crippen molar-refractivity contribution in [3.05, 3.63) is 24.3 Å². The van der Waals surface area contributed by atoms with Crippen LogP contribution in [0.3, 0.4) is 0 Å². The maximum atomic E-state index is 5.93. The van der Waals surface area contributed by atoms with E-state index in [4.69, 9.17) is 4.74 Å². The van der Waals surface area contributed by atoms with Crippen LogP contribution in [0.5, 0.6) is 5.75 Å². The highest BCUT2D eigenvalue weighted by molar-refractivity contribution is 5.50. The van der Waals surface area contributed by atoms with Crippen LogP contribution < -0.4 is 15.4 Å². The van der Waals surface area contributed by atoms with E-state index in [-0.39, 0.29) is 5.54 Å². The molecule has 136 valence electrons. The van der Waals surface area contributed by atoms with Crippen molar-refractivity contribution in [2.75, 3.05) is 25.0 Å². The Morgan fingerprint density at radius 2 is 1.83 bits per heavy atom. The van der Waals surface area contributed by atoms with Gasteiger partial charge in [-0.2, -0.15) is 0 Å². The molecule has 1 atom stereocenters. The largest absolute Gasteiger partial charge is 0.494 e. The number of hydrogen-bond acceptors (Lipinski definition) is 3. The number of unbranched alkanes of at least 4 members (excludes halogenated alkanes) is 7. The van der Waals surface area contributed by atoms with Crippen LogP contribution in [0, 0.1) is 0 Å². The number of ether oxygens (including phenoxy) is 1. The molecule has 1 aromatic carbocycles. The predicted octanol–water partition coefficient (Wildman–Crippen LogP) is 5.37. The minimum atomic E-state index is 0.163. The molecule has 0 aromatic heterocycles. The SMILES string of the molecule is CCCCCCCCCCOc1cccc(NC2(C)CCNC2)c1. The van der Waals surface area contributed by atoms with Crippen molar-refractivity contribution in [1.29, 1.82) is 0 Å². The van der Waals surface area contributed by atoms with Gasteiger partial charge < -0.3 is 15.4 Å². The molecule has 1 aliphatic heterocycles. The number of anilines is 1. The van der Waals surface area contributed by atoms with Crippen LogP contribution in [0.25, 0.3) is 0 Å². The highest BCUT2D eigenvalue weighted by atomic mass is 16.5. The zero-order valence-corrected chi connectivity index (χ0v) is 15.7. The minimum absolute atomic E-state index is 0.163. The first-order valence-corrected chi connectivity index (χ1v) is 9.94. The topological polar surface area (TPSA) is 33.3 Å². The van der Waals surface area contributed by atoms with E-state index < -0.39 is 0 Å². The van der Waals surface area contributed by atoms with Crippen LogP contribution in [-0.2, 0) is 0 Å². The smallest absolute Gasteiger partial charge is 0.121 e. The van der Waals surface area contributed by atoms with E-state index in [1.165, 1.54) is 44.9 Å². The molecule has 1 aromatic rings. The van der Waals surface area contributed by atoms with Gasteiger partial charge in [-0.3, -0.25) is 0 Å². The zero-order valence-electron chi connectivity index (χ0n) is 15.7. The molecule has 0 radical (unpaired) electrons. The Kier molecular flexibility index (Phi) is 8.44. The van der Waals surface area contributed by atoms with Gasteiger partial charge in [0.1, 0.15) is 5.75 Å². The summed E-state index contributed by atoms with van der Waals surface area (Å²) in [6.07, 6.45) is 11.9. The highest BCUT2D eigenvalue weighted by Gasteiger charge is 2.27. The summed E-state index contributed by atoms with van der Waals surface area (Å²) in [5.74, 6) is 0.984. The van der Waals surface area contributed by atoms with E-state index in [2.05, 4.69) is 48.7 Å². The second kappa shape index (κ2) is 10.6. The first kappa shape index (κ1) is 19.1. The Balaban J connectivity index is 1.60. The van der Waals surface area contributed by atoms with E-state index in [9.17, 15) is 0 Å². The van der Waals surface area contributed by atoms with Gasteiger partial charge in [-0.05, 0) is 38.4 Å². The Labute approximate surface area is 148 Å². The third kappa shape index (κ3) is 7.12. The van der Waals surface area contributed by atoms with E-state index in [1.54, 1.807) is 0 Å². The molecule has 1 fully saturated rings. The van der Waals surface area contributed by atoms with Crippen LogP contribution in [0.4, 0.5) is 5.69 Å². The van der Waals surface area contributed by atoms with Crippen LogP contribution in [0.15, 0.2) is 24.3 Å². The Bertz CT molecular complexity index is 455. The summed E-state index contributed by atoms with van der Waals surface area (Å²) in [6, 6.07) is 8.41. The van der Waals surface area contributed by atoms with E-state index >= 15 is 0 Å². The predicted molar refractivity (Wildman–Crippen MR) is 104 cm³/mol. The summed E-state index contributed by atoms with van der Waals surface area (Å²) in [5, 5.41) is 7.07. The molecule has 1 heterocycles. The molecule has 3 heteroatoms. The van der Waals surface area contributed by atoms with Gasteiger partial charge in [-0.15, -0.1) is 0 Å². The van der Waals surface area contributed by atoms with Gasteiger partial charge in [0.2, 0.25) is 0 Å². The summed E-state index contributed by atoms with van der Waals surface area (Å²) in [6.45, 7) is 7.50. The monoisotopic (exact) mass is 332 g/mol. The molecule has 0 amide bonds. The molecule has 0 aliphatic carbocycles. The summed E-state index contributed by atoms with van der Waals surface area (Å²) < 4.78 is 5.93. The van der Waals surface area contributed by atoms with Crippen molar-refractivity contribution < 1.29 is 4.74 Å². The van der Waals surface area contributed by atoms with Gasteiger partial charge in [-0.1, -0.05) is 57.9 Å². The van der Waals surface area contributed by atoms with Crippen LogP contribution in [-0.4, -0.2) is 25.2 Å². The molecule has 0 saturated carbocycles. The third-order valence-electron chi connectivity index (χ3n) is 4.92. The second-order valence-electron chi connectivity index (χ2n) is 7.46. The molecule has 2 rings (SSSR count).